The Morgan fingerprint density at radius 1 is 1.15 bits per heavy atom. The molecule has 2 aromatic carbocycles. The molecule has 1 amide bonds. The number of aryl methyl sites for hydroxylation is 2. The Labute approximate surface area is 199 Å². The van der Waals surface area contributed by atoms with Gasteiger partial charge in [-0.3, -0.25) is 9.48 Å². The van der Waals surface area contributed by atoms with E-state index in [-0.39, 0.29) is 17.3 Å². The van der Waals surface area contributed by atoms with Gasteiger partial charge in [0, 0.05) is 35.6 Å². The molecule has 3 aromatic rings. The van der Waals surface area contributed by atoms with Crippen LogP contribution in [0.15, 0.2) is 75.5 Å². The van der Waals surface area contributed by atoms with Crippen LogP contribution in [-0.4, -0.2) is 41.5 Å². The number of hydrogen-bond donors (Lipinski definition) is 1. The summed E-state index contributed by atoms with van der Waals surface area (Å²) in [5.41, 5.74) is 1.21. The molecule has 1 unspecified atom stereocenters. The number of hydrogen-bond acceptors (Lipinski definition) is 5. The van der Waals surface area contributed by atoms with Crippen molar-refractivity contribution in [2.75, 3.05) is 18.4 Å². The molecule has 0 aliphatic carbocycles. The summed E-state index contributed by atoms with van der Waals surface area (Å²) >= 11 is 1.58. The molecule has 2 heterocycles. The van der Waals surface area contributed by atoms with Crippen molar-refractivity contribution in [1.29, 1.82) is 0 Å². The number of nitrogens with zero attached hydrogens (tertiary/aromatic N) is 3. The average Bonchev–Trinajstić information content (AvgIpc) is 3.22. The van der Waals surface area contributed by atoms with Crippen molar-refractivity contribution < 1.29 is 13.2 Å². The summed E-state index contributed by atoms with van der Waals surface area (Å²) in [5, 5.41) is 7.31. The van der Waals surface area contributed by atoms with Gasteiger partial charge in [0.2, 0.25) is 15.9 Å². The fourth-order valence-corrected chi connectivity index (χ4v) is 6.55. The molecule has 0 bridgehead atoms. The van der Waals surface area contributed by atoms with Crippen molar-refractivity contribution in [3.8, 4) is 0 Å². The first-order chi connectivity index (χ1) is 15.9. The van der Waals surface area contributed by atoms with Gasteiger partial charge in [0.25, 0.3) is 0 Å². The Morgan fingerprint density at radius 2 is 1.88 bits per heavy atom. The molecule has 33 heavy (non-hydrogen) atoms. The second-order valence-corrected chi connectivity index (χ2v) is 11.1. The first-order valence-corrected chi connectivity index (χ1v) is 13.3. The summed E-state index contributed by atoms with van der Waals surface area (Å²) in [6.45, 7) is 4.79. The smallest absolute Gasteiger partial charge is 0.246 e. The molecule has 1 aliphatic rings. The number of carbonyl (C=O) groups excluding carboxylic acids is 1. The Hall–Kier alpha value is -2.62. The van der Waals surface area contributed by atoms with Crippen LogP contribution in [0.25, 0.3) is 0 Å². The minimum Gasteiger partial charge on any atom is -0.325 e. The number of amides is 1. The second kappa shape index (κ2) is 10.1. The molecule has 0 spiro atoms. The van der Waals surface area contributed by atoms with E-state index in [1.165, 1.54) is 4.31 Å². The quantitative estimate of drug-likeness (QED) is 0.537. The van der Waals surface area contributed by atoms with E-state index in [4.69, 9.17) is 0 Å². The van der Waals surface area contributed by atoms with E-state index in [9.17, 15) is 13.2 Å². The molecule has 4 rings (SSSR count). The number of para-hydroxylation sites is 1. The van der Waals surface area contributed by atoms with Crippen molar-refractivity contribution in [1.82, 2.24) is 14.1 Å². The van der Waals surface area contributed by atoms with E-state index in [1.807, 2.05) is 61.5 Å². The zero-order chi connectivity index (χ0) is 23.4. The summed E-state index contributed by atoms with van der Waals surface area (Å²) in [7, 11) is -3.70. The molecule has 1 saturated heterocycles. The van der Waals surface area contributed by atoms with Crippen LogP contribution < -0.4 is 5.32 Å². The number of benzene rings is 2. The van der Waals surface area contributed by atoms with E-state index in [2.05, 4.69) is 10.4 Å². The molecule has 7 nitrogen and oxygen atoms in total. The van der Waals surface area contributed by atoms with Crippen LogP contribution in [0.4, 0.5) is 5.69 Å². The van der Waals surface area contributed by atoms with Gasteiger partial charge in [-0.1, -0.05) is 42.1 Å². The molecular formula is C24H28N4O3S2. The van der Waals surface area contributed by atoms with E-state index >= 15 is 0 Å². The summed E-state index contributed by atoms with van der Waals surface area (Å²) < 4.78 is 29.6. The maximum atomic E-state index is 13.3. The fraction of sp³-hybridized carbons (Fsp3) is 0.333. The molecule has 1 fully saturated rings. The number of piperidine rings is 1. The predicted molar refractivity (Wildman–Crippen MR) is 130 cm³/mol. The van der Waals surface area contributed by atoms with Crippen molar-refractivity contribution in [3.05, 3.63) is 66.5 Å². The van der Waals surface area contributed by atoms with Gasteiger partial charge in [-0.2, -0.15) is 9.40 Å². The normalized spacial score (nSPS) is 17.1. The lowest BCUT2D eigenvalue weighted by molar-refractivity contribution is -0.120. The highest BCUT2D eigenvalue weighted by Crippen LogP contribution is 2.34. The molecule has 1 aliphatic heterocycles. The predicted octanol–water partition coefficient (Wildman–Crippen LogP) is 4.40. The lowest BCUT2D eigenvalue weighted by Gasteiger charge is -2.31. The van der Waals surface area contributed by atoms with Crippen molar-refractivity contribution >= 4 is 33.4 Å². The first-order valence-electron chi connectivity index (χ1n) is 11.1. The van der Waals surface area contributed by atoms with Crippen LogP contribution >= 0.6 is 11.8 Å². The van der Waals surface area contributed by atoms with Crippen molar-refractivity contribution in [2.45, 2.75) is 47.9 Å². The summed E-state index contributed by atoms with van der Waals surface area (Å²) in [4.78, 5) is 15.4. The summed E-state index contributed by atoms with van der Waals surface area (Å²) in [6, 6.07) is 17.6. The number of carbonyl (C=O) groups is 1. The van der Waals surface area contributed by atoms with Gasteiger partial charge < -0.3 is 5.32 Å². The summed E-state index contributed by atoms with van der Waals surface area (Å²) in [5.74, 6) is -0.568. The van der Waals surface area contributed by atoms with Gasteiger partial charge in [0.15, 0.2) is 0 Å². The number of nitrogens with one attached hydrogen (secondary N) is 1. The molecule has 0 saturated carbocycles. The van der Waals surface area contributed by atoms with Gasteiger partial charge in [-0.25, -0.2) is 8.42 Å². The van der Waals surface area contributed by atoms with Crippen LogP contribution in [0, 0.1) is 12.8 Å². The Bertz CT molecular complexity index is 1230. The van der Waals surface area contributed by atoms with Crippen LogP contribution in [0.5, 0.6) is 0 Å². The molecule has 1 N–H and O–H groups in total. The maximum absolute atomic E-state index is 13.3. The number of sulfonamides is 1. The number of anilines is 1. The third-order valence-electron chi connectivity index (χ3n) is 5.71. The fourth-order valence-electron chi connectivity index (χ4n) is 3.94. The Morgan fingerprint density at radius 3 is 2.61 bits per heavy atom. The third-order valence-corrected chi connectivity index (χ3v) is 8.77. The van der Waals surface area contributed by atoms with Crippen LogP contribution in [0.2, 0.25) is 0 Å². The SMILES string of the molecule is CCn1cc(S(=O)(=O)N2CCCC(C(=O)Nc3ccccc3Sc3ccccc3)C2)c(C)n1. The topological polar surface area (TPSA) is 84.3 Å². The highest BCUT2D eigenvalue weighted by molar-refractivity contribution is 7.99. The van der Waals surface area contributed by atoms with Gasteiger partial charge in [-0.05, 0) is 51.0 Å². The third kappa shape index (κ3) is 5.31. The van der Waals surface area contributed by atoms with Gasteiger partial charge in [0.1, 0.15) is 4.90 Å². The Kier molecular flexibility index (Phi) is 7.21. The number of aromatic nitrogens is 2. The van der Waals surface area contributed by atoms with Crippen molar-refractivity contribution in [2.24, 2.45) is 5.92 Å². The van der Waals surface area contributed by atoms with Gasteiger partial charge in [0.05, 0.1) is 17.3 Å². The van der Waals surface area contributed by atoms with Crippen LogP contribution in [0.1, 0.15) is 25.5 Å². The first kappa shape index (κ1) is 23.5. The van der Waals surface area contributed by atoms with Crippen LogP contribution in [0.3, 0.4) is 0 Å². The minimum absolute atomic E-state index is 0.156. The average molecular weight is 485 g/mol. The zero-order valence-corrected chi connectivity index (χ0v) is 20.4. The standard InChI is InChI=1S/C24H28N4O3S2/c1-3-27-17-23(18(2)26-27)33(30,31)28-15-9-10-19(16-28)24(29)25-21-13-7-8-14-22(21)32-20-11-5-4-6-12-20/h4-8,11-14,17,19H,3,9-10,15-16H2,1-2H3,(H,25,29). The second-order valence-electron chi connectivity index (χ2n) is 8.04. The van der Waals surface area contributed by atoms with E-state index in [0.717, 1.165) is 15.5 Å². The molecular weight excluding hydrogens is 456 g/mol. The Balaban J connectivity index is 1.48. The van der Waals surface area contributed by atoms with Crippen molar-refractivity contribution in [3.63, 3.8) is 0 Å². The zero-order valence-electron chi connectivity index (χ0n) is 18.8. The minimum atomic E-state index is -3.70. The van der Waals surface area contributed by atoms with Gasteiger partial charge in [-0.15, -0.1) is 0 Å². The van der Waals surface area contributed by atoms with E-state index in [0.29, 0.717) is 31.6 Å². The highest BCUT2D eigenvalue weighted by atomic mass is 32.2. The molecule has 1 aromatic heterocycles. The lowest BCUT2D eigenvalue weighted by Crippen LogP contribution is -2.43. The molecule has 174 valence electrons. The van der Waals surface area contributed by atoms with E-state index in [1.54, 1.807) is 29.6 Å². The largest absolute Gasteiger partial charge is 0.325 e. The monoisotopic (exact) mass is 484 g/mol. The molecule has 9 heteroatoms. The van der Waals surface area contributed by atoms with Crippen LogP contribution in [-0.2, 0) is 21.4 Å². The highest BCUT2D eigenvalue weighted by Gasteiger charge is 2.35. The summed E-state index contributed by atoms with van der Waals surface area (Å²) in [6.07, 6.45) is 2.86. The lowest BCUT2D eigenvalue weighted by atomic mass is 9.99. The number of rotatable bonds is 7. The van der Waals surface area contributed by atoms with Gasteiger partial charge >= 0.3 is 0 Å². The molecule has 0 radical (unpaired) electrons. The molecule has 1 atom stereocenters. The maximum Gasteiger partial charge on any atom is 0.246 e. The van der Waals surface area contributed by atoms with E-state index < -0.39 is 15.9 Å².